The second kappa shape index (κ2) is 8.36. The van der Waals surface area contributed by atoms with Crippen LogP contribution in [0.15, 0.2) is 53.7 Å². The smallest absolute Gasteiger partial charge is 0.255 e. The zero-order chi connectivity index (χ0) is 21.1. The first kappa shape index (κ1) is 19.6. The number of nitrogens with zero attached hydrogens (tertiary/aromatic N) is 5. The van der Waals surface area contributed by atoms with Crippen LogP contribution >= 0.6 is 0 Å². The summed E-state index contributed by atoms with van der Waals surface area (Å²) < 4.78 is 12.5. The van der Waals surface area contributed by atoms with Crippen molar-refractivity contribution in [3.05, 3.63) is 64.8 Å². The fraction of sp³-hybridized carbons (Fsp3) is 0.273. The van der Waals surface area contributed by atoms with Crippen molar-refractivity contribution >= 4 is 11.5 Å². The molecule has 0 aliphatic carbocycles. The molecule has 0 saturated heterocycles. The van der Waals surface area contributed by atoms with Gasteiger partial charge in [-0.15, -0.1) is 0 Å². The molecule has 0 N–H and O–H groups in total. The SMILES string of the molecule is COc1ccc(OC)c(C2=CCCN(c3nc(-c4ccncn4)cc(=O)n3C)C2)c1. The average molecular weight is 405 g/mol. The Balaban J connectivity index is 1.71. The fourth-order valence-electron chi connectivity index (χ4n) is 3.56. The van der Waals surface area contributed by atoms with Gasteiger partial charge in [0.2, 0.25) is 5.95 Å². The normalized spacial score (nSPS) is 13.7. The highest BCUT2D eigenvalue weighted by molar-refractivity contribution is 5.76. The number of aromatic nitrogens is 4. The first-order chi connectivity index (χ1) is 14.6. The summed E-state index contributed by atoms with van der Waals surface area (Å²) >= 11 is 0. The number of rotatable bonds is 5. The predicted molar refractivity (Wildman–Crippen MR) is 115 cm³/mol. The molecule has 0 fully saturated rings. The van der Waals surface area contributed by atoms with Crippen LogP contribution in [-0.4, -0.2) is 46.8 Å². The molecule has 2 aromatic heterocycles. The standard InChI is InChI=1S/C22H23N5O3/c1-26-21(28)12-19(18-8-9-23-14-24-18)25-22(26)27-10-4-5-15(13-27)17-11-16(29-2)6-7-20(17)30-3/h5-9,11-12,14H,4,10,13H2,1-3H3. The summed E-state index contributed by atoms with van der Waals surface area (Å²) in [6.07, 6.45) is 6.10. The van der Waals surface area contributed by atoms with Crippen LogP contribution in [0.4, 0.5) is 5.95 Å². The Labute approximate surface area is 174 Å². The van der Waals surface area contributed by atoms with E-state index in [0.717, 1.165) is 35.6 Å². The van der Waals surface area contributed by atoms with Gasteiger partial charge in [-0.2, -0.15) is 0 Å². The Morgan fingerprint density at radius 1 is 1.07 bits per heavy atom. The van der Waals surface area contributed by atoms with E-state index in [1.54, 1.807) is 38.1 Å². The predicted octanol–water partition coefficient (Wildman–Crippen LogP) is 2.55. The minimum Gasteiger partial charge on any atom is -0.497 e. The number of hydrogen-bond acceptors (Lipinski definition) is 7. The molecule has 8 heteroatoms. The van der Waals surface area contributed by atoms with Gasteiger partial charge in [0.1, 0.15) is 17.8 Å². The monoisotopic (exact) mass is 405 g/mol. The first-order valence-electron chi connectivity index (χ1n) is 9.61. The molecule has 8 nitrogen and oxygen atoms in total. The summed E-state index contributed by atoms with van der Waals surface area (Å²) in [6, 6.07) is 8.99. The fourth-order valence-corrected chi connectivity index (χ4v) is 3.56. The lowest BCUT2D eigenvalue weighted by molar-refractivity contribution is 0.402. The van der Waals surface area contributed by atoms with Crippen LogP contribution in [0.1, 0.15) is 12.0 Å². The highest BCUT2D eigenvalue weighted by Crippen LogP contribution is 2.33. The third-order valence-electron chi connectivity index (χ3n) is 5.14. The van der Waals surface area contributed by atoms with Gasteiger partial charge in [0.05, 0.1) is 25.6 Å². The van der Waals surface area contributed by atoms with Crippen LogP contribution in [0.3, 0.4) is 0 Å². The number of ether oxygens (including phenoxy) is 2. The van der Waals surface area contributed by atoms with Crippen LogP contribution in [0.5, 0.6) is 11.5 Å². The van der Waals surface area contributed by atoms with Gasteiger partial charge in [-0.1, -0.05) is 6.08 Å². The van der Waals surface area contributed by atoms with E-state index < -0.39 is 0 Å². The number of methoxy groups -OCH3 is 2. The van der Waals surface area contributed by atoms with E-state index >= 15 is 0 Å². The molecule has 0 atom stereocenters. The highest BCUT2D eigenvalue weighted by Gasteiger charge is 2.21. The second-order valence-electron chi connectivity index (χ2n) is 6.94. The van der Waals surface area contributed by atoms with Crippen LogP contribution in [0, 0.1) is 0 Å². The number of hydrogen-bond donors (Lipinski definition) is 0. The maximum absolute atomic E-state index is 12.6. The minimum absolute atomic E-state index is 0.135. The van der Waals surface area contributed by atoms with E-state index in [1.165, 1.54) is 12.4 Å². The first-order valence-corrected chi connectivity index (χ1v) is 9.61. The van der Waals surface area contributed by atoms with Crippen molar-refractivity contribution in [1.29, 1.82) is 0 Å². The van der Waals surface area contributed by atoms with Crippen molar-refractivity contribution in [1.82, 2.24) is 19.5 Å². The van der Waals surface area contributed by atoms with Gasteiger partial charge < -0.3 is 14.4 Å². The van der Waals surface area contributed by atoms with E-state index in [-0.39, 0.29) is 5.56 Å². The Hall–Kier alpha value is -3.68. The van der Waals surface area contributed by atoms with Gasteiger partial charge in [0.25, 0.3) is 5.56 Å². The summed E-state index contributed by atoms with van der Waals surface area (Å²) in [4.78, 5) is 27.6. The van der Waals surface area contributed by atoms with Gasteiger partial charge in [0.15, 0.2) is 0 Å². The zero-order valence-corrected chi connectivity index (χ0v) is 17.2. The Morgan fingerprint density at radius 2 is 1.93 bits per heavy atom. The van der Waals surface area contributed by atoms with E-state index in [2.05, 4.69) is 20.9 Å². The van der Waals surface area contributed by atoms with Crippen LogP contribution in [0.2, 0.25) is 0 Å². The van der Waals surface area contributed by atoms with Gasteiger partial charge in [-0.05, 0) is 36.3 Å². The molecular weight excluding hydrogens is 382 g/mol. The molecule has 0 unspecified atom stereocenters. The molecular formula is C22H23N5O3. The molecule has 0 spiro atoms. The third kappa shape index (κ3) is 3.76. The van der Waals surface area contributed by atoms with Crippen LogP contribution in [0.25, 0.3) is 17.0 Å². The van der Waals surface area contributed by atoms with E-state index in [4.69, 9.17) is 14.5 Å². The number of benzene rings is 1. The molecule has 30 heavy (non-hydrogen) atoms. The minimum atomic E-state index is -0.135. The summed E-state index contributed by atoms with van der Waals surface area (Å²) in [5.74, 6) is 2.14. The highest BCUT2D eigenvalue weighted by atomic mass is 16.5. The summed E-state index contributed by atoms with van der Waals surface area (Å²) in [5.41, 5.74) is 3.08. The van der Waals surface area contributed by atoms with Crippen LogP contribution in [-0.2, 0) is 7.05 Å². The van der Waals surface area contributed by atoms with E-state index in [0.29, 0.717) is 23.9 Å². The lowest BCUT2D eigenvalue weighted by Crippen LogP contribution is -2.35. The molecule has 0 radical (unpaired) electrons. The summed E-state index contributed by atoms with van der Waals surface area (Å²) in [7, 11) is 5.03. The zero-order valence-electron chi connectivity index (χ0n) is 17.2. The molecule has 0 bridgehead atoms. The Morgan fingerprint density at radius 3 is 2.67 bits per heavy atom. The van der Waals surface area contributed by atoms with E-state index in [1.807, 2.05) is 18.2 Å². The van der Waals surface area contributed by atoms with Crippen molar-refractivity contribution in [2.75, 3.05) is 32.2 Å². The van der Waals surface area contributed by atoms with Crippen molar-refractivity contribution < 1.29 is 9.47 Å². The lowest BCUT2D eigenvalue weighted by atomic mass is 10.00. The summed E-state index contributed by atoms with van der Waals surface area (Å²) in [6.45, 7) is 1.35. The third-order valence-corrected chi connectivity index (χ3v) is 5.14. The van der Waals surface area contributed by atoms with Crippen molar-refractivity contribution in [3.63, 3.8) is 0 Å². The number of anilines is 1. The molecule has 1 aromatic carbocycles. The maximum atomic E-state index is 12.6. The molecule has 1 aliphatic heterocycles. The molecule has 1 aliphatic rings. The molecule has 0 saturated carbocycles. The van der Waals surface area contributed by atoms with Gasteiger partial charge >= 0.3 is 0 Å². The second-order valence-corrected chi connectivity index (χ2v) is 6.94. The average Bonchev–Trinajstić information content (AvgIpc) is 2.81. The molecule has 0 amide bonds. The molecule has 3 heterocycles. The molecule has 3 aromatic rings. The van der Waals surface area contributed by atoms with Crippen molar-refractivity contribution in [2.45, 2.75) is 6.42 Å². The maximum Gasteiger partial charge on any atom is 0.255 e. The van der Waals surface area contributed by atoms with E-state index in [9.17, 15) is 4.79 Å². The lowest BCUT2D eigenvalue weighted by Gasteiger charge is -2.30. The van der Waals surface area contributed by atoms with Crippen molar-refractivity contribution in [3.8, 4) is 22.9 Å². The Kier molecular flexibility index (Phi) is 5.47. The van der Waals surface area contributed by atoms with Gasteiger partial charge in [-0.3, -0.25) is 9.36 Å². The van der Waals surface area contributed by atoms with Crippen LogP contribution < -0.4 is 19.9 Å². The van der Waals surface area contributed by atoms with Gasteiger partial charge in [-0.25, -0.2) is 15.0 Å². The molecule has 4 rings (SSSR count). The summed E-state index contributed by atoms with van der Waals surface area (Å²) in [5, 5.41) is 0. The Bertz CT molecular complexity index is 1140. The largest absolute Gasteiger partial charge is 0.497 e. The topological polar surface area (TPSA) is 82.4 Å². The quantitative estimate of drug-likeness (QED) is 0.645. The van der Waals surface area contributed by atoms with Crippen molar-refractivity contribution in [2.24, 2.45) is 7.05 Å². The molecule has 154 valence electrons. The van der Waals surface area contributed by atoms with Gasteiger partial charge in [0, 0.05) is 38.0 Å².